The van der Waals surface area contributed by atoms with E-state index in [-0.39, 0.29) is 11.7 Å². The van der Waals surface area contributed by atoms with Crippen LogP contribution in [0.15, 0.2) is 5.16 Å². The molecule has 1 fully saturated rings. The average molecular weight is 369 g/mol. The fourth-order valence-electron chi connectivity index (χ4n) is 2.20. The first-order valence-electron chi connectivity index (χ1n) is 7.53. The molecule has 2 aromatic heterocycles. The van der Waals surface area contributed by atoms with Crippen molar-refractivity contribution in [2.45, 2.75) is 18.6 Å². The number of amides is 1. The molecule has 1 amide bonds. The number of anilines is 1. The van der Waals surface area contributed by atoms with Crippen LogP contribution in [0.3, 0.4) is 0 Å². The van der Waals surface area contributed by atoms with Gasteiger partial charge in [0, 0.05) is 20.1 Å². The molecule has 0 saturated carbocycles. The minimum atomic E-state index is -0.131. The van der Waals surface area contributed by atoms with Gasteiger partial charge in [-0.25, -0.2) is 0 Å². The van der Waals surface area contributed by atoms with Gasteiger partial charge in [0.1, 0.15) is 10.8 Å². The highest BCUT2D eigenvalue weighted by molar-refractivity contribution is 7.99. The van der Waals surface area contributed by atoms with Crippen LogP contribution in [-0.2, 0) is 23.1 Å². The van der Waals surface area contributed by atoms with E-state index >= 15 is 0 Å². The van der Waals surface area contributed by atoms with E-state index in [1.165, 1.54) is 23.1 Å². The first-order chi connectivity index (χ1) is 11.6. The molecule has 3 rings (SSSR count). The number of carbonyl (C=O) groups excluding carboxylic acids is 1. The number of carbonyl (C=O) groups is 1. The van der Waals surface area contributed by atoms with E-state index in [1.807, 2.05) is 18.5 Å². The number of hydrogen-bond donors (Lipinski definition) is 1. The van der Waals surface area contributed by atoms with Gasteiger partial charge < -0.3 is 9.30 Å². The maximum atomic E-state index is 12.0. The Bertz CT molecular complexity index is 696. The molecule has 130 valence electrons. The smallest absolute Gasteiger partial charge is 0.236 e. The zero-order valence-electron chi connectivity index (χ0n) is 13.6. The Morgan fingerprint density at radius 1 is 1.29 bits per heavy atom. The standard InChI is InChI=1S/C13H19N7O2S2/c1-9-15-17-12(24-9)14-11(21)8-23-13-18-16-10(19(13)2)7-20-3-5-22-6-4-20/h3-8H2,1-2H3,(H,14,17,21). The van der Waals surface area contributed by atoms with Crippen LogP contribution in [0.2, 0.25) is 0 Å². The van der Waals surface area contributed by atoms with E-state index in [1.54, 1.807) is 0 Å². The minimum Gasteiger partial charge on any atom is -0.379 e. The van der Waals surface area contributed by atoms with Crippen molar-refractivity contribution < 1.29 is 9.53 Å². The summed E-state index contributed by atoms with van der Waals surface area (Å²) in [4.78, 5) is 14.2. The van der Waals surface area contributed by atoms with Crippen LogP contribution in [0.1, 0.15) is 10.8 Å². The van der Waals surface area contributed by atoms with E-state index in [9.17, 15) is 4.79 Å². The lowest BCUT2D eigenvalue weighted by atomic mass is 10.4. The fraction of sp³-hybridized carbons (Fsp3) is 0.615. The number of nitrogens with one attached hydrogen (secondary N) is 1. The van der Waals surface area contributed by atoms with Crippen molar-refractivity contribution in [1.82, 2.24) is 29.9 Å². The van der Waals surface area contributed by atoms with E-state index in [0.29, 0.717) is 5.13 Å². The Kier molecular flexibility index (Phi) is 5.76. The third kappa shape index (κ3) is 4.50. The van der Waals surface area contributed by atoms with Gasteiger partial charge in [-0.15, -0.1) is 20.4 Å². The molecule has 11 heteroatoms. The number of hydrogen-bond acceptors (Lipinski definition) is 9. The molecule has 0 radical (unpaired) electrons. The average Bonchev–Trinajstić information content (AvgIpc) is 3.13. The second-order valence-corrected chi connectivity index (χ2v) is 7.43. The van der Waals surface area contributed by atoms with Crippen LogP contribution in [-0.4, -0.2) is 67.8 Å². The Labute approximate surface area is 147 Å². The largest absolute Gasteiger partial charge is 0.379 e. The molecule has 0 bridgehead atoms. The first kappa shape index (κ1) is 17.3. The van der Waals surface area contributed by atoms with Gasteiger partial charge in [-0.05, 0) is 6.92 Å². The number of ether oxygens (including phenoxy) is 1. The van der Waals surface area contributed by atoms with E-state index in [2.05, 4.69) is 30.6 Å². The van der Waals surface area contributed by atoms with Crippen molar-refractivity contribution in [1.29, 1.82) is 0 Å². The van der Waals surface area contributed by atoms with Gasteiger partial charge in [0.15, 0.2) is 5.16 Å². The highest BCUT2D eigenvalue weighted by atomic mass is 32.2. The second kappa shape index (κ2) is 8.01. The highest BCUT2D eigenvalue weighted by Crippen LogP contribution is 2.18. The monoisotopic (exact) mass is 369 g/mol. The van der Waals surface area contributed by atoms with Crippen LogP contribution in [0.4, 0.5) is 5.13 Å². The molecule has 3 heterocycles. The van der Waals surface area contributed by atoms with Gasteiger partial charge in [-0.1, -0.05) is 23.1 Å². The number of morpholine rings is 1. The molecule has 24 heavy (non-hydrogen) atoms. The molecule has 0 aliphatic carbocycles. The normalized spacial score (nSPS) is 15.6. The van der Waals surface area contributed by atoms with Crippen LogP contribution in [0.5, 0.6) is 0 Å². The molecule has 1 saturated heterocycles. The van der Waals surface area contributed by atoms with Gasteiger partial charge in [0.05, 0.1) is 25.5 Å². The van der Waals surface area contributed by atoms with Crippen molar-refractivity contribution in [3.05, 3.63) is 10.8 Å². The Morgan fingerprint density at radius 2 is 2.08 bits per heavy atom. The summed E-state index contributed by atoms with van der Waals surface area (Å²) in [6.45, 7) is 5.90. The molecule has 9 nitrogen and oxygen atoms in total. The molecule has 1 aliphatic heterocycles. The van der Waals surface area contributed by atoms with Gasteiger partial charge in [-0.2, -0.15) is 0 Å². The topological polar surface area (TPSA) is 98.1 Å². The van der Waals surface area contributed by atoms with Crippen LogP contribution >= 0.6 is 23.1 Å². The quantitative estimate of drug-likeness (QED) is 0.737. The van der Waals surface area contributed by atoms with E-state index in [4.69, 9.17) is 4.74 Å². The fourth-order valence-corrected chi connectivity index (χ4v) is 3.54. The zero-order chi connectivity index (χ0) is 16.9. The lowest BCUT2D eigenvalue weighted by Gasteiger charge is -2.25. The molecule has 2 aromatic rings. The van der Waals surface area contributed by atoms with Crippen molar-refractivity contribution in [3.63, 3.8) is 0 Å². The van der Waals surface area contributed by atoms with Gasteiger partial charge in [-0.3, -0.25) is 15.0 Å². The molecule has 1 aliphatic rings. The molecular weight excluding hydrogens is 350 g/mol. The predicted octanol–water partition coefficient (Wildman–Crippen LogP) is 0.538. The van der Waals surface area contributed by atoms with E-state index < -0.39 is 0 Å². The Hall–Kier alpha value is -1.56. The SMILES string of the molecule is Cc1nnc(NC(=O)CSc2nnc(CN3CCOCC3)n2C)s1. The Morgan fingerprint density at radius 3 is 2.79 bits per heavy atom. The maximum absolute atomic E-state index is 12.0. The number of aryl methyl sites for hydroxylation is 1. The van der Waals surface area contributed by atoms with Gasteiger partial charge in [0.2, 0.25) is 11.0 Å². The summed E-state index contributed by atoms with van der Waals surface area (Å²) in [6, 6.07) is 0. The highest BCUT2D eigenvalue weighted by Gasteiger charge is 2.16. The zero-order valence-corrected chi connectivity index (χ0v) is 15.2. The molecule has 0 spiro atoms. The summed E-state index contributed by atoms with van der Waals surface area (Å²) in [5.74, 6) is 1.01. The maximum Gasteiger partial charge on any atom is 0.236 e. The van der Waals surface area contributed by atoms with Crippen LogP contribution in [0.25, 0.3) is 0 Å². The molecular formula is C13H19N7O2S2. The summed E-state index contributed by atoms with van der Waals surface area (Å²) in [7, 11) is 1.92. The third-order valence-electron chi connectivity index (χ3n) is 3.50. The summed E-state index contributed by atoms with van der Waals surface area (Å²) >= 11 is 2.71. The molecule has 1 N–H and O–H groups in total. The molecule has 0 unspecified atom stereocenters. The van der Waals surface area contributed by atoms with Crippen molar-refractivity contribution >= 4 is 34.1 Å². The third-order valence-corrected chi connectivity index (χ3v) is 5.27. The number of rotatable bonds is 6. The Balaban J connectivity index is 1.51. The summed E-state index contributed by atoms with van der Waals surface area (Å²) in [5.41, 5.74) is 0. The van der Waals surface area contributed by atoms with Crippen LogP contribution < -0.4 is 5.32 Å². The minimum absolute atomic E-state index is 0.131. The lowest BCUT2D eigenvalue weighted by Crippen LogP contribution is -2.36. The number of aromatic nitrogens is 5. The van der Waals surface area contributed by atoms with Crippen molar-refractivity contribution in [2.24, 2.45) is 7.05 Å². The number of thioether (sulfide) groups is 1. The first-order valence-corrected chi connectivity index (χ1v) is 9.33. The van der Waals surface area contributed by atoms with Gasteiger partial charge in [0.25, 0.3) is 0 Å². The summed E-state index contributed by atoms with van der Waals surface area (Å²) in [6.07, 6.45) is 0. The molecule has 0 atom stereocenters. The van der Waals surface area contributed by atoms with Gasteiger partial charge >= 0.3 is 0 Å². The van der Waals surface area contributed by atoms with E-state index in [0.717, 1.165) is 48.8 Å². The number of nitrogens with zero attached hydrogens (tertiary/aromatic N) is 6. The summed E-state index contributed by atoms with van der Waals surface area (Å²) in [5, 5.41) is 20.9. The second-order valence-electron chi connectivity index (χ2n) is 5.31. The lowest BCUT2D eigenvalue weighted by molar-refractivity contribution is -0.113. The summed E-state index contributed by atoms with van der Waals surface area (Å²) < 4.78 is 7.28. The van der Waals surface area contributed by atoms with Crippen molar-refractivity contribution in [2.75, 3.05) is 37.4 Å². The predicted molar refractivity (Wildman–Crippen MR) is 91.1 cm³/mol. The van der Waals surface area contributed by atoms with Crippen molar-refractivity contribution in [3.8, 4) is 0 Å². The van der Waals surface area contributed by atoms with Crippen LogP contribution in [0, 0.1) is 6.92 Å². The molecule has 0 aromatic carbocycles.